The summed E-state index contributed by atoms with van der Waals surface area (Å²) in [4.78, 5) is 16.7. The molecule has 38 heavy (non-hydrogen) atoms. The monoisotopic (exact) mass is 545 g/mol. The number of nitrogens with one attached hydrogen (secondary N) is 1. The first-order valence-corrected chi connectivity index (χ1v) is 12.1. The molecule has 0 fully saturated rings. The highest BCUT2D eigenvalue weighted by Gasteiger charge is 2.29. The number of fused-ring (bicyclic) bond motifs is 4. The van der Waals surface area contributed by atoms with Crippen molar-refractivity contribution < 1.29 is 34.4 Å². The van der Waals surface area contributed by atoms with E-state index in [1.165, 1.54) is 24.3 Å². The van der Waals surface area contributed by atoms with Crippen LogP contribution in [0.3, 0.4) is 0 Å². The lowest BCUT2D eigenvalue weighted by Gasteiger charge is -2.17. The third-order valence-electron chi connectivity index (χ3n) is 5.91. The van der Waals surface area contributed by atoms with E-state index < -0.39 is 34.5 Å². The summed E-state index contributed by atoms with van der Waals surface area (Å²) in [5.41, 5.74) is 1.35. The van der Waals surface area contributed by atoms with Crippen LogP contribution >= 0.6 is 0 Å². The highest BCUT2D eigenvalue weighted by Crippen LogP contribution is 2.37. The molecule has 3 aromatic carbocycles. The Morgan fingerprint density at radius 3 is 2.53 bits per heavy atom. The van der Waals surface area contributed by atoms with E-state index in [9.17, 15) is 35.5 Å². The van der Waals surface area contributed by atoms with Gasteiger partial charge >= 0.3 is 16.7 Å². The van der Waals surface area contributed by atoms with E-state index in [1.54, 1.807) is 29.8 Å². The van der Waals surface area contributed by atoms with Crippen LogP contribution in [0.25, 0.3) is 44.0 Å². The standard InChI is InChI=1S/C25H15F4N3O5S/c1-32-20-9-17(14-3-2-4-15(8-14)37-38(29,34)35)21(36-12-25(26,27)28)10-18(20)23(33)22-16-6-5-13(11-30)7-19(16)31-24(22)32/h2-10,31H,12H2,1H3. The molecule has 2 aromatic heterocycles. The number of hydrogen-bond donors (Lipinski definition) is 1. The average Bonchev–Trinajstić information content (AvgIpc) is 3.23. The second-order valence-corrected chi connectivity index (χ2v) is 9.34. The zero-order chi connectivity index (χ0) is 27.4. The fourth-order valence-corrected chi connectivity index (χ4v) is 4.69. The molecule has 8 nitrogen and oxygen atoms in total. The van der Waals surface area contributed by atoms with Gasteiger partial charge in [-0.1, -0.05) is 22.1 Å². The minimum absolute atomic E-state index is 0.0601. The molecule has 5 aromatic rings. The Balaban J connectivity index is 1.81. The molecule has 0 aliphatic heterocycles. The van der Waals surface area contributed by atoms with Crippen molar-refractivity contribution in [2.75, 3.05) is 6.61 Å². The summed E-state index contributed by atoms with van der Waals surface area (Å²) in [6.07, 6.45) is -4.69. The van der Waals surface area contributed by atoms with Gasteiger partial charge in [0.2, 0.25) is 0 Å². The van der Waals surface area contributed by atoms with Gasteiger partial charge in [0.1, 0.15) is 17.1 Å². The number of aromatic nitrogens is 2. The van der Waals surface area contributed by atoms with Crippen LogP contribution in [0.5, 0.6) is 11.5 Å². The van der Waals surface area contributed by atoms with E-state index >= 15 is 0 Å². The molecule has 1 N–H and O–H groups in total. The average molecular weight is 545 g/mol. The Bertz CT molecular complexity index is 1970. The fourth-order valence-electron chi connectivity index (χ4n) is 4.35. The van der Waals surface area contributed by atoms with Crippen LogP contribution in [0.15, 0.2) is 59.4 Å². The molecule has 0 spiro atoms. The van der Waals surface area contributed by atoms with Crippen LogP contribution in [-0.2, 0) is 17.6 Å². The Hall–Kier alpha value is -4.57. The van der Waals surface area contributed by atoms with Crippen LogP contribution in [0.1, 0.15) is 5.56 Å². The molecule has 0 atom stereocenters. The van der Waals surface area contributed by atoms with E-state index in [0.717, 1.165) is 12.1 Å². The summed E-state index contributed by atoms with van der Waals surface area (Å²) in [7, 11) is -3.72. The largest absolute Gasteiger partial charge is 0.488 e. The van der Waals surface area contributed by atoms with Gasteiger partial charge in [-0.3, -0.25) is 4.79 Å². The van der Waals surface area contributed by atoms with Gasteiger partial charge in [-0.15, -0.1) is 0 Å². The van der Waals surface area contributed by atoms with Crippen molar-refractivity contribution in [1.29, 1.82) is 5.26 Å². The third-order valence-corrected chi connectivity index (χ3v) is 6.30. The smallest absolute Gasteiger partial charge is 0.483 e. The topological polar surface area (TPSA) is 114 Å². The van der Waals surface area contributed by atoms with Crippen LogP contribution in [-0.4, -0.2) is 30.8 Å². The zero-order valence-corrected chi connectivity index (χ0v) is 20.1. The fraction of sp³-hybridized carbons (Fsp3) is 0.120. The van der Waals surface area contributed by atoms with Crippen molar-refractivity contribution in [3.05, 3.63) is 70.4 Å². The normalized spacial score (nSPS) is 12.2. The van der Waals surface area contributed by atoms with Gasteiger partial charge in [0.25, 0.3) is 0 Å². The second-order valence-electron chi connectivity index (χ2n) is 8.38. The van der Waals surface area contributed by atoms with E-state index in [2.05, 4.69) is 9.17 Å². The Morgan fingerprint density at radius 1 is 1.08 bits per heavy atom. The molecule has 0 unspecified atom stereocenters. The van der Waals surface area contributed by atoms with E-state index in [0.29, 0.717) is 27.6 Å². The predicted molar refractivity (Wildman–Crippen MR) is 131 cm³/mol. The molecule has 0 bridgehead atoms. The van der Waals surface area contributed by atoms with Crippen LogP contribution in [0.2, 0.25) is 0 Å². The molecule has 0 aliphatic carbocycles. The first-order valence-electron chi connectivity index (χ1n) is 10.8. The minimum Gasteiger partial charge on any atom is -0.483 e. The van der Waals surface area contributed by atoms with Gasteiger partial charge < -0.3 is 18.5 Å². The van der Waals surface area contributed by atoms with Crippen molar-refractivity contribution in [3.8, 4) is 28.7 Å². The van der Waals surface area contributed by atoms with E-state index in [4.69, 9.17) is 4.74 Å². The van der Waals surface area contributed by atoms with Gasteiger partial charge in [-0.05, 0) is 42.0 Å². The maximum atomic E-state index is 13.6. The molecule has 0 saturated heterocycles. The lowest BCUT2D eigenvalue weighted by Crippen LogP contribution is -2.19. The Kier molecular flexibility index (Phi) is 5.79. The zero-order valence-electron chi connectivity index (χ0n) is 19.3. The number of hydrogen-bond acceptors (Lipinski definition) is 6. The van der Waals surface area contributed by atoms with Gasteiger partial charge in [-0.2, -0.15) is 26.9 Å². The number of nitrogens with zero attached hydrogens (tertiary/aromatic N) is 2. The molecule has 13 heteroatoms. The molecular formula is C25H15F4N3O5S. The molecule has 0 aliphatic rings. The maximum Gasteiger partial charge on any atom is 0.488 e. The van der Waals surface area contributed by atoms with E-state index in [-0.39, 0.29) is 27.6 Å². The van der Waals surface area contributed by atoms with Crippen molar-refractivity contribution in [3.63, 3.8) is 0 Å². The number of benzene rings is 3. The maximum absolute atomic E-state index is 13.6. The third kappa shape index (κ3) is 4.61. The summed E-state index contributed by atoms with van der Waals surface area (Å²) >= 11 is 0. The van der Waals surface area contributed by atoms with Crippen molar-refractivity contribution >= 4 is 43.3 Å². The van der Waals surface area contributed by atoms with Gasteiger partial charge in [0.15, 0.2) is 12.0 Å². The molecule has 0 amide bonds. The number of aryl methyl sites for hydroxylation is 1. The Morgan fingerprint density at radius 2 is 1.84 bits per heavy atom. The van der Waals surface area contributed by atoms with Crippen molar-refractivity contribution in [1.82, 2.24) is 9.55 Å². The van der Waals surface area contributed by atoms with Crippen LogP contribution in [0.4, 0.5) is 17.1 Å². The molecule has 0 radical (unpaired) electrons. The van der Waals surface area contributed by atoms with E-state index in [1.807, 2.05) is 6.07 Å². The first kappa shape index (κ1) is 25.1. The molecule has 2 heterocycles. The van der Waals surface area contributed by atoms with Crippen LogP contribution in [0, 0.1) is 11.3 Å². The minimum atomic E-state index is -5.35. The summed E-state index contributed by atoms with van der Waals surface area (Å²) in [6, 6.07) is 14.4. The number of rotatable bonds is 5. The van der Waals surface area contributed by atoms with Crippen molar-refractivity contribution in [2.45, 2.75) is 6.18 Å². The summed E-state index contributed by atoms with van der Waals surface area (Å²) in [5, 5.41) is 10.1. The van der Waals surface area contributed by atoms with Gasteiger partial charge in [0.05, 0.1) is 27.9 Å². The highest BCUT2D eigenvalue weighted by atomic mass is 32.3. The Labute approximate surface area is 211 Å². The first-order chi connectivity index (χ1) is 17.8. The number of nitriles is 1. The number of alkyl halides is 3. The van der Waals surface area contributed by atoms with Gasteiger partial charge in [-0.25, -0.2) is 0 Å². The van der Waals surface area contributed by atoms with Crippen molar-refractivity contribution in [2.24, 2.45) is 7.05 Å². The molecule has 194 valence electrons. The molecule has 0 saturated carbocycles. The van der Waals surface area contributed by atoms with Crippen LogP contribution < -0.4 is 14.3 Å². The quantitative estimate of drug-likeness (QED) is 0.239. The summed E-state index contributed by atoms with van der Waals surface area (Å²) in [5.74, 6) is -0.724. The summed E-state index contributed by atoms with van der Waals surface area (Å²) < 4.78 is 85.0. The number of pyridine rings is 1. The lowest BCUT2D eigenvalue weighted by molar-refractivity contribution is -0.153. The summed E-state index contributed by atoms with van der Waals surface area (Å²) in [6.45, 7) is -1.66. The number of aromatic amines is 1. The SMILES string of the molecule is Cn1c2cc(-c3cccc(OS(=O)(=O)F)c3)c(OCC(F)(F)F)cc2c(=O)c2c3ccc(C#N)cc3[nH]c21. The second kappa shape index (κ2) is 8.77. The highest BCUT2D eigenvalue weighted by molar-refractivity contribution is 7.81. The molecule has 5 rings (SSSR count). The number of H-pyrrole nitrogens is 1. The molecular weight excluding hydrogens is 530 g/mol. The predicted octanol–water partition coefficient (Wildman–Crippen LogP) is 5.25. The van der Waals surface area contributed by atoms with Gasteiger partial charge in [0, 0.05) is 23.5 Å². The number of halogens is 4. The lowest BCUT2D eigenvalue weighted by atomic mass is 10.0. The number of ether oxygens (including phenoxy) is 1.